The van der Waals surface area contributed by atoms with E-state index in [2.05, 4.69) is 26.1 Å². The van der Waals surface area contributed by atoms with Gasteiger partial charge in [-0.05, 0) is 49.1 Å². The molecule has 1 atom stereocenters. The highest BCUT2D eigenvalue weighted by atomic mass is 16.5. The Morgan fingerprint density at radius 2 is 1.85 bits per heavy atom. The maximum Gasteiger partial charge on any atom is 0.309 e. The van der Waals surface area contributed by atoms with E-state index in [4.69, 9.17) is 19.6 Å². The van der Waals surface area contributed by atoms with E-state index >= 15 is 0 Å². The number of likely N-dealkylation sites (N-methyl/N-ethyl adjacent to an activating group) is 1. The van der Waals surface area contributed by atoms with Crippen molar-refractivity contribution in [3.63, 3.8) is 0 Å². The Labute approximate surface area is 241 Å². The van der Waals surface area contributed by atoms with Crippen LogP contribution in [0.25, 0.3) is 0 Å². The van der Waals surface area contributed by atoms with Crippen molar-refractivity contribution in [2.75, 3.05) is 45.3 Å². The summed E-state index contributed by atoms with van der Waals surface area (Å²) in [6.07, 6.45) is -0.217. The fourth-order valence-electron chi connectivity index (χ4n) is 5.27. The molecule has 2 aliphatic heterocycles. The van der Waals surface area contributed by atoms with Gasteiger partial charge in [-0.2, -0.15) is 0 Å². The first kappa shape index (κ1) is 29.9. The molecule has 2 aliphatic rings. The van der Waals surface area contributed by atoms with Crippen LogP contribution < -0.4 is 19.7 Å². The average Bonchev–Trinajstić information content (AvgIpc) is 3.20. The van der Waals surface area contributed by atoms with Crippen molar-refractivity contribution in [1.29, 1.82) is 5.41 Å². The summed E-state index contributed by atoms with van der Waals surface area (Å²) >= 11 is 0. The highest BCUT2D eigenvalue weighted by Gasteiger charge is 2.34. The van der Waals surface area contributed by atoms with E-state index < -0.39 is 0 Å². The van der Waals surface area contributed by atoms with Crippen LogP contribution in [-0.4, -0.2) is 74.9 Å². The third kappa shape index (κ3) is 6.16. The summed E-state index contributed by atoms with van der Waals surface area (Å²) in [7, 11) is 3.47. The van der Waals surface area contributed by atoms with Crippen LogP contribution in [0.15, 0.2) is 24.3 Å². The summed E-state index contributed by atoms with van der Waals surface area (Å²) in [5, 5.41) is 11.4. The van der Waals surface area contributed by atoms with Crippen molar-refractivity contribution in [2.45, 2.75) is 59.1 Å². The number of ether oxygens (including phenoxy) is 3. The molecule has 0 bridgehead atoms. The molecule has 2 aromatic carbocycles. The van der Waals surface area contributed by atoms with Gasteiger partial charge in [-0.3, -0.25) is 19.8 Å². The Morgan fingerprint density at radius 1 is 1.12 bits per heavy atom. The van der Waals surface area contributed by atoms with Crippen LogP contribution in [0.5, 0.6) is 11.5 Å². The molecule has 0 saturated carbocycles. The zero-order chi connectivity index (χ0) is 30.1. The second kappa shape index (κ2) is 11.8. The van der Waals surface area contributed by atoms with E-state index in [1.165, 1.54) is 0 Å². The first-order chi connectivity index (χ1) is 19.4. The lowest BCUT2D eigenvalue weighted by Crippen LogP contribution is -2.40. The van der Waals surface area contributed by atoms with Gasteiger partial charge in [0.1, 0.15) is 23.4 Å². The fraction of sp³-hybridized carbons (Fsp3) is 0.484. The highest BCUT2D eigenvalue weighted by molar-refractivity contribution is 6.08. The molecule has 2 heterocycles. The molecule has 4 rings (SSSR count). The molecule has 10 heteroatoms. The van der Waals surface area contributed by atoms with Gasteiger partial charge in [-0.1, -0.05) is 20.8 Å². The Kier molecular flexibility index (Phi) is 8.60. The molecule has 0 fully saturated rings. The normalized spacial score (nSPS) is 16.1. The van der Waals surface area contributed by atoms with Crippen molar-refractivity contribution in [2.24, 2.45) is 0 Å². The number of Topliss-reactive ketones (excluding diaryl/α,β-unsaturated/α-hetero) is 1. The molecule has 1 amide bonds. The van der Waals surface area contributed by atoms with Gasteiger partial charge in [0.15, 0.2) is 5.78 Å². The van der Waals surface area contributed by atoms with Crippen molar-refractivity contribution >= 4 is 29.2 Å². The predicted molar refractivity (Wildman–Crippen MR) is 157 cm³/mol. The number of ketones is 1. The lowest BCUT2D eigenvalue weighted by Gasteiger charge is -2.37. The van der Waals surface area contributed by atoms with Crippen LogP contribution in [0.2, 0.25) is 0 Å². The molecular weight excluding hydrogens is 524 g/mol. The van der Waals surface area contributed by atoms with Crippen molar-refractivity contribution < 1.29 is 28.6 Å². The SMILES string of the molecule is CCOC(=O)CC1CN(C)c2cc(C(=O)CN3Cc4cc(OCC)c(C(=O)NC)cc4C3=N)cc(C(C)(C)C)c2O1. The van der Waals surface area contributed by atoms with E-state index in [9.17, 15) is 14.4 Å². The summed E-state index contributed by atoms with van der Waals surface area (Å²) in [5.74, 6) is 0.595. The van der Waals surface area contributed by atoms with Crippen LogP contribution in [0, 0.1) is 5.41 Å². The van der Waals surface area contributed by atoms with Crippen LogP contribution in [0.3, 0.4) is 0 Å². The van der Waals surface area contributed by atoms with Gasteiger partial charge in [0.2, 0.25) is 0 Å². The van der Waals surface area contributed by atoms with Crippen LogP contribution in [0.4, 0.5) is 5.69 Å². The number of benzene rings is 2. The van der Waals surface area contributed by atoms with Crippen LogP contribution in [-0.2, 0) is 21.5 Å². The Bertz CT molecular complexity index is 1380. The fourth-order valence-corrected chi connectivity index (χ4v) is 5.27. The minimum atomic E-state index is -0.362. The summed E-state index contributed by atoms with van der Waals surface area (Å²) in [5.41, 5.74) is 3.65. The van der Waals surface area contributed by atoms with Crippen molar-refractivity contribution in [3.05, 3.63) is 52.1 Å². The van der Waals surface area contributed by atoms with Gasteiger partial charge in [0.25, 0.3) is 5.91 Å². The molecule has 41 heavy (non-hydrogen) atoms. The highest BCUT2D eigenvalue weighted by Crippen LogP contribution is 2.43. The molecule has 2 N–H and O–H groups in total. The zero-order valence-corrected chi connectivity index (χ0v) is 25.0. The van der Waals surface area contributed by atoms with Crippen LogP contribution >= 0.6 is 0 Å². The van der Waals surface area contributed by atoms with E-state index in [0.717, 1.165) is 16.8 Å². The minimum absolute atomic E-state index is 0.00517. The number of carbonyl (C=O) groups excluding carboxylic acids is 3. The summed E-state index contributed by atoms with van der Waals surface area (Å²) in [6, 6.07) is 7.16. The number of esters is 1. The second-order valence-corrected chi connectivity index (χ2v) is 11.4. The number of rotatable bonds is 9. The Hall–Kier alpha value is -4.08. The lowest BCUT2D eigenvalue weighted by molar-refractivity contribution is -0.144. The predicted octanol–water partition coefficient (Wildman–Crippen LogP) is 3.92. The molecule has 0 aromatic heterocycles. The molecule has 10 nitrogen and oxygen atoms in total. The monoisotopic (exact) mass is 564 g/mol. The quantitative estimate of drug-likeness (QED) is 0.347. The minimum Gasteiger partial charge on any atom is -0.493 e. The van der Waals surface area contributed by atoms with Gasteiger partial charge in [0, 0.05) is 37.3 Å². The number of carbonyl (C=O) groups is 3. The number of nitrogens with one attached hydrogen (secondary N) is 2. The number of amidine groups is 1. The summed E-state index contributed by atoms with van der Waals surface area (Å²) in [6.45, 7) is 11.4. The van der Waals surface area contributed by atoms with Crippen molar-refractivity contribution in [1.82, 2.24) is 10.2 Å². The van der Waals surface area contributed by atoms with Gasteiger partial charge >= 0.3 is 5.97 Å². The number of fused-ring (bicyclic) bond motifs is 2. The van der Waals surface area contributed by atoms with E-state index in [-0.39, 0.29) is 48.0 Å². The van der Waals surface area contributed by atoms with E-state index in [0.29, 0.717) is 54.5 Å². The number of hydrogen-bond acceptors (Lipinski definition) is 8. The third-order valence-corrected chi connectivity index (χ3v) is 7.32. The molecule has 2 aromatic rings. The maximum absolute atomic E-state index is 13.7. The molecule has 0 saturated heterocycles. The van der Waals surface area contributed by atoms with Gasteiger partial charge < -0.3 is 29.3 Å². The van der Waals surface area contributed by atoms with Gasteiger partial charge in [-0.15, -0.1) is 0 Å². The standard InChI is InChI=1S/C31H40N4O6/c1-8-39-26-12-19-15-35(29(32)21(19)14-22(26)30(38)33-6)17-25(36)18-10-23(31(3,4)5)28-24(11-18)34(7)16-20(41-28)13-27(37)40-9-2/h10-12,14,20,32H,8-9,13,15-17H2,1-7H3,(H,33,38). The van der Waals surface area contributed by atoms with Crippen molar-refractivity contribution in [3.8, 4) is 11.5 Å². The smallest absolute Gasteiger partial charge is 0.309 e. The third-order valence-electron chi connectivity index (χ3n) is 7.32. The van der Waals surface area contributed by atoms with E-state index in [1.54, 1.807) is 31.0 Å². The number of hydrogen-bond donors (Lipinski definition) is 2. The molecule has 0 spiro atoms. The first-order valence-corrected chi connectivity index (χ1v) is 14.0. The molecule has 220 valence electrons. The number of anilines is 1. The molecule has 0 radical (unpaired) electrons. The van der Waals surface area contributed by atoms with E-state index in [1.807, 2.05) is 31.0 Å². The van der Waals surface area contributed by atoms with Gasteiger partial charge in [-0.25, -0.2) is 0 Å². The maximum atomic E-state index is 13.7. The lowest BCUT2D eigenvalue weighted by atomic mass is 9.83. The average molecular weight is 565 g/mol. The molecular formula is C31H40N4O6. The largest absolute Gasteiger partial charge is 0.493 e. The molecule has 0 aliphatic carbocycles. The van der Waals surface area contributed by atoms with Gasteiger partial charge in [0.05, 0.1) is 44.0 Å². The zero-order valence-electron chi connectivity index (χ0n) is 25.0. The summed E-state index contributed by atoms with van der Waals surface area (Å²) in [4.78, 5) is 42.0. The Balaban J connectivity index is 1.61. The topological polar surface area (TPSA) is 121 Å². The first-order valence-electron chi connectivity index (χ1n) is 14.0. The second-order valence-electron chi connectivity index (χ2n) is 11.4. The Morgan fingerprint density at radius 3 is 2.49 bits per heavy atom. The number of nitrogens with zero attached hydrogens (tertiary/aromatic N) is 2. The van der Waals surface area contributed by atoms with Crippen LogP contribution in [0.1, 0.15) is 78.4 Å². The molecule has 1 unspecified atom stereocenters. The summed E-state index contributed by atoms with van der Waals surface area (Å²) < 4.78 is 17.2. The number of amides is 1.